The maximum absolute atomic E-state index is 3.19. The third-order valence-electron chi connectivity index (χ3n) is 3.57. The predicted octanol–water partition coefficient (Wildman–Crippen LogP) is 3.71. The Morgan fingerprint density at radius 3 is 2.45 bits per heavy atom. The van der Waals surface area contributed by atoms with Gasteiger partial charge in [-0.2, -0.15) is 0 Å². The molecule has 2 aromatic carbocycles. The summed E-state index contributed by atoms with van der Waals surface area (Å²) in [5, 5.41) is 3.19. The quantitative estimate of drug-likeness (QED) is 0.859. The molecule has 20 heavy (non-hydrogen) atoms. The van der Waals surface area contributed by atoms with Gasteiger partial charge >= 0.3 is 0 Å². The zero-order chi connectivity index (χ0) is 14.4. The molecule has 0 spiro atoms. The summed E-state index contributed by atoms with van der Waals surface area (Å²) in [7, 11) is 4.14. The molecule has 0 aliphatic carbocycles. The van der Waals surface area contributed by atoms with Crippen LogP contribution in [0, 0.1) is 6.92 Å². The van der Waals surface area contributed by atoms with Crippen LogP contribution in [0.4, 0.5) is 5.69 Å². The Balaban J connectivity index is 1.85. The fraction of sp³-hybridized carbons (Fsp3) is 0.333. The van der Waals surface area contributed by atoms with Gasteiger partial charge in [0, 0.05) is 25.8 Å². The minimum absolute atomic E-state index is 0.987. The summed E-state index contributed by atoms with van der Waals surface area (Å²) in [5.74, 6) is 0. The number of aryl methyl sites for hydroxylation is 1. The Kier molecular flexibility index (Phi) is 5.19. The second kappa shape index (κ2) is 7.11. The summed E-state index contributed by atoms with van der Waals surface area (Å²) in [5.41, 5.74) is 5.26. The largest absolute Gasteiger partial charge is 0.388 e. The average molecular weight is 268 g/mol. The Hall–Kier alpha value is -1.80. The molecule has 0 radical (unpaired) electrons. The molecule has 0 aliphatic rings. The third kappa shape index (κ3) is 4.39. The van der Waals surface area contributed by atoms with Crippen LogP contribution in [0.5, 0.6) is 0 Å². The molecule has 1 N–H and O–H groups in total. The van der Waals surface area contributed by atoms with E-state index in [9.17, 15) is 0 Å². The summed E-state index contributed by atoms with van der Waals surface area (Å²) < 4.78 is 0. The number of likely N-dealkylation sites (N-methyl/N-ethyl adjacent to an activating group) is 1. The molecule has 0 unspecified atom stereocenters. The van der Waals surface area contributed by atoms with Crippen molar-refractivity contribution in [1.82, 2.24) is 4.90 Å². The van der Waals surface area contributed by atoms with Crippen LogP contribution in [-0.4, -0.2) is 25.5 Å². The lowest BCUT2D eigenvalue weighted by Crippen LogP contribution is -2.20. The van der Waals surface area contributed by atoms with Crippen LogP contribution in [0.25, 0.3) is 0 Å². The fourth-order valence-corrected chi connectivity index (χ4v) is 2.29. The maximum Gasteiger partial charge on any atom is 0.0340 e. The van der Waals surface area contributed by atoms with Crippen LogP contribution in [0.2, 0.25) is 0 Å². The van der Waals surface area contributed by atoms with E-state index in [0.717, 1.165) is 19.5 Å². The van der Waals surface area contributed by atoms with Crippen molar-refractivity contribution in [1.29, 1.82) is 0 Å². The smallest absolute Gasteiger partial charge is 0.0340 e. The highest BCUT2D eigenvalue weighted by molar-refractivity contribution is 5.44. The summed E-state index contributed by atoms with van der Waals surface area (Å²) >= 11 is 0. The molecule has 0 amide bonds. The first-order valence-corrected chi connectivity index (χ1v) is 7.18. The average Bonchev–Trinajstić information content (AvgIpc) is 2.47. The molecule has 0 saturated heterocycles. The second-order valence-electron chi connectivity index (χ2n) is 5.42. The maximum atomic E-state index is 3.19. The monoisotopic (exact) mass is 268 g/mol. The molecule has 0 atom stereocenters. The van der Waals surface area contributed by atoms with Crippen LogP contribution in [-0.2, 0) is 13.0 Å². The first-order chi connectivity index (χ1) is 9.67. The van der Waals surface area contributed by atoms with Crippen molar-refractivity contribution in [3.8, 4) is 0 Å². The van der Waals surface area contributed by atoms with Crippen molar-refractivity contribution in [2.45, 2.75) is 19.9 Å². The molecule has 0 aliphatic heterocycles. The van der Waals surface area contributed by atoms with Gasteiger partial charge < -0.3 is 10.2 Å². The molecule has 0 aromatic heterocycles. The highest BCUT2D eigenvalue weighted by atomic mass is 15.1. The lowest BCUT2D eigenvalue weighted by Gasteiger charge is -2.17. The summed E-state index contributed by atoms with van der Waals surface area (Å²) in [6, 6.07) is 17.4. The fourth-order valence-electron chi connectivity index (χ4n) is 2.29. The van der Waals surface area contributed by atoms with Crippen molar-refractivity contribution in [2.24, 2.45) is 0 Å². The van der Waals surface area contributed by atoms with Crippen molar-refractivity contribution >= 4 is 5.69 Å². The van der Waals surface area contributed by atoms with E-state index in [1.165, 1.54) is 22.4 Å². The minimum atomic E-state index is 0.987. The van der Waals surface area contributed by atoms with E-state index >= 15 is 0 Å². The van der Waals surface area contributed by atoms with Gasteiger partial charge in [0.2, 0.25) is 0 Å². The van der Waals surface area contributed by atoms with E-state index in [1.807, 2.05) is 7.05 Å². The highest BCUT2D eigenvalue weighted by Crippen LogP contribution is 2.12. The Morgan fingerprint density at radius 1 is 1.00 bits per heavy atom. The van der Waals surface area contributed by atoms with Gasteiger partial charge in [0.25, 0.3) is 0 Å². The molecular weight excluding hydrogens is 244 g/mol. The van der Waals surface area contributed by atoms with E-state index in [1.54, 1.807) is 0 Å². The normalized spacial score (nSPS) is 10.8. The van der Waals surface area contributed by atoms with Gasteiger partial charge in [-0.05, 0) is 43.7 Å². The van der Waals surface area contributed by atoms with E-state index in [2.05, 4.69) is 72.7 Å². The molecule has 2 rings (SSSR count). The van der Waals surface area contributed by atoms with Gasteiger partial charge in [0.05, 0.1) is 0 Å². The number of anilines is 1. The number of hydrogen-bond acceptors (Lipinski definition) is 2. The standard InChI is InChI=1S/C18H24N2/c1-15-7-9-16(10-8-15)11-12-20(3)14-17-5-4-6-18(13-17)19-2/h4-10,13,19H,11-12,14H2,1-3H3. The van der Waals surface area contributed by atoms with Gasteiger partial charge in [-0.3, -0.25) is 0 Å². The predicted molar refractivity (Wildman–Crippen MR) is 87.2 cm³/mol. The first kappa shape index (κ1) is 14.6. The van der Waals surface area contributed by atoms with Crippen LogP contribution in [0.1, 0.15) is 16.7 Å². The number of nitrogens with zero attached hydrogens (tertiary/aromatic N) is 1. The molecule has 0 heterocycles. The van der Waals surface area contributed by atoms with Gasteiger partial charge in [-0.15, -0.1) is 0 Å². The van der Waals surface area contributed by atoms with Crippen molar-refractivity contribution in [2.75, 3.05) is 26.0 Å². The van der Waals surface area contributed by atoms with Gasteiger partial charge in [0.1, 0.15) is 0 Å². The zero-order valence-electron chi connectivity index (χ0n) is 12.7. The zero-order valence-corrected chi connectivity index (χ0v) is 12.7. The Bertz CT molecular complexity index is 531. The Morgan fingerprint density at radius 2 is 1.75 bits per heavy atom. The number of benzene rings is 2. The summed E-state index contributed by atoms with van der Waals surface area (Å²) in [4.78, 5) is 2.37. The molecule has 0 saturated carbocycles. The third-order valence-corrected chi connectivity index (χ3v) is 3.57. The highest BCUT2D eigenvalue weighted by Gasteiger charge is 2.02. The topological polar surface area (TPSA) is 15.3 Å². The number of rotatable bonds is 6. The molecule has 2 nitrogen and oxygen atoms in total. The van der Waals surface area contributed by atoms with Gasteiger partial charge in [-0.25, -0.2) is 0 Å². The van der Waals surface area contributed by atoms with Crippen LogP contribution >= 0.6 is 0 Å². The van der Waals surface area contributed by atoms with Gasteiger partial charge in [-0.1, -0.05) is 42.0 Å². The minimum Gasteiger partial charge on any atom is -0.388 e. The molecule has 2 aromatic rings. The molecule has 0 fully saturated rings. The Labute approximate surface area is 122 Å². The van der Waals surface area contributed by atoms with Crippen molar-refractivity contribution in [3.63, 3.8) is 0 Å². The van der Waals surface area contributed by atoms with E-state index in [-0.39, 0.29) is 0 Å². The number of hydrogen-bond donors (Lipinski definition) is 1. The lowest BCUT2D eigenvalue weighted by molar-refractivity contribution is 0.331. The molecular formula is C18H24N2. The first-order valence-electron chi connectivity index (χ1n) is 7.18. The van der Waals surface area contributed by atoms with Crippen molar-refractivity contribution < 1.29 is 0 Å². The second-order valence-corrected chi connectivity index (χ2v) is 5.42. The van der Waals surface area contributed by atoms with E-state index < -0.39 is 0 Å². The number of nitrogens with one attached hydrogen (secondary N) is 1. The van der Waals surface area contributed by atoms with E-state index in [4.69, 9.17) is 0 Å². The van der Waals surface area contributed by atoms with Crippen molar-refractivity contribution in [3.05, 3.63) is 65.2 Å². The van der Waals surface area contributed by atoms with Crippen LogP contribution < -0.4 is 5.32 Å². The lowest BCUT2D eigenvalue weighted by atomic mass is 10.1. The van der Waals surface area contributed by atoms with Crippen LogP contribution in [0.3, 0.4) is 0 Å². The van der Waals surface area contributed by atoms with Gasteiger partial charge in [0.15, 0.2) is 0 Å². The molecule has 2 heteroatoms. The summed E-state index contributed by atoms with van der Waals surface area (Å²) in [6.07, 6.45) is 1.10. The molecule has 0 bridgehead atoms. The summed E-state index contributed by atoms with van der Waals surface area (Å²) in [6.45, 7) is 4.19. The SMILES string of the molecule is CNc1cccc(CN(C)CCc2ccc(C)cc2)c1. The molecule has 106 valence electrons. The van der Waals surface area contributed by atoms with Crippen LogP contribution in [0.15, 0.2) is 48.5 Å². The van der Waals surface area contributed by atoms with E-state index in [0.29, 0.717) is 0 Å².